The number of nitro benzene ring substituents is 1. The summed E-state index contributed by atoms with van der Waals surface area (Å²) in [5.41, 5.74) is 2.53. The summed E-state index contributed by atoms with van der Waals surface area (Å²) >= 11 is 5.70. The van der Waals surface area contributed by atoms with Crippen LogP contribution >= 0.6 is 12.2 Å². The van der Waals surface area contributed by atoms with Crippen LogP contribution in [0.1, 0.15) is 29.2 Å². The second-order valence-electron chi connectivity index (χ2n) is 7.41. The second-order valence-corrected chi connectivity index (χ2v) is 7.80. The van der Waals surface area contributed by atoms with Crippen LogP contribution in [-0.4, -0.2) is 24.5 Å². The molecule has 32 heavy (non-hydrogen) atoms. The molecule has 8 nitrogen and oxygen atoms in total. The van der Waals surface area contributed by atoms with Gasteiger partial charge in [-0.05, 0) is 54.7 Å². The highest BCUT2D eigenvalue weighted by Gasteiger charge is 2.41. The Kier molecular flexibility index (Phi) is 5.16. The molecule has 0 spiro atoms. The molecule has 1 aliphatic heterocycles. The van der Waals surface area contributed by atoms with Crippen molar-refractivity contribution in [1.29, 1.82) is 0 Å². The zero-order valence-corrected chi connectivity index (χ0v) is 17.7. The Morgan fingerprint density at radius 3 is 2.78 bits per heavy atom. The van der Waals surface area contributed by atoms with E-state index >= 15 is 0 Å². The van der Waals surface area contributed by atoms with Crippen LogP contribution in [0.2, 0.25) is 0 Å². The van der Waals surface area contributed by atoms with Gasteiger partial charge in [0.2, 0.25) is 0 Å². The molecule has 5 rings (SSSR count). The molecule has 2 atom stereocenters. The van der Waals surface area contributed by atoms with Crippen LogP contribution in [0.4, 0.5) is 5.69 Å². The normalized spacial score (nSPS) is 18.0. The summed E-state index contributed by atoms with van der Waals surface area (Å²) in [6, 6.07) is 19.6. The molecule has 1 aliphatic rings. The summed E-state index contributed by atoms with van der Waals surface area (Å²) in [7, 11) is 0. The van der Waals surface area contributed by atoms with Gasteiger partial charge in [-0.1, -0.05) is 12.1 Å². The summed E-state index contributed by atoms with van der Waals surface area (Å²) in [6.45, 7) is 0.479. The molecule has 4 aromatic rings. The number of aromatic nitrogens is 2. The maximum Gasteiger partial charge on any atom is 0.271 e. The third kappa shape index (κ3) is 3.63. The number of furan rings is 1. The minimum atomic E-state index is -0.390. The van der Waals surface area contributed by atoms with Crippen molar-refractivity contribution < 1.29 is 9.34 Å². The van der Waals surface area contributed by atoms with Crippen molar-refractivity contribution in [2.45, 2.75) is 18.6 Å². The summed E-state index contributed by atoms with van der Waals surface area (Å²) in [5.74, 6) is 0.786. The van der Waals surface area contributed by atoms with E-state index in [9.17, 15) is 10.1 Å². The lowest BCUT2D eigenvalue weighted by atomic mass is 10.0. The number of hydrogen-bond acceptors (Lipinski definition) is 5. The van der Waals surface area contributed by atoms with Crippen LogP contribution in [0.15, 0.2) is 89.8 Å². The van der Waals surface area contributed by atoms with E-state index in [0.29, 0.717) is 17.3 Å². The van der Waals surface area contributed by atoms with Gasteiger partial charge in [-0.25, -0.2) is 0 Å². The molecule has 0 unspecified atom stereocenters. The summed E-state index contributed by atoms with van der Waals surface area (Å²) < 4.78 is 7.54. The van der Waals surface area contributed by atoms with Gasteiger partial charge in [0, 0.05) is 30.2 Å². The maximum absolute atomic E-state index is 11.3. The van der Waals surface area contributed by atoms with Gasteiger partial charge in [0.1, 0.15) is 5.76 Å². The molecule has 3 aromatic heterocycles. The maximum atomic E-state index is 11.3. The predicted molar refractivity (Wildman–Crippen MR) is 122 cm³/mol. The number of non-ortho nitro benzene ring substituents is 1. The Labute approximate surface area is 189 Å². The minimum Gasteiger partial charge on any atom is -0.467 e. The summed E-state index contributed by atoms with van der Waals surface area (Å²) in [5, 5.41) is 15.3. The van der Waals surface area contributed by atoms with E-state index in [1.807, 2.05) is 59.3 Å². The molecule has 0 saturated carbocycles. The van der Waals surface area contributed by atoms with Gasteiger partial charge >= 0.3 is 0 Å². The summed E-state index contributed by atoms with van der Waals surface area (Å²) in [4.78, 5) is 17.5. The number of nitrogens with one attached hydrogen (secondary N) is 1. The average molecular weight is 446 g/mol. The minimum absolute atomic E-state index is 0.0379. The van der Waals surface area contributed by atoms with Crippen molar-refractivity contribution in [2.75, 3.05) is 0 Å². The highest BCUT2D eigenvalue weighted by molar-refractivity contribution is 7.80. The van der Waals surface area contributed by atoms with E-state index in [-0.39, 0.29) is 17.8 Å². The van der Waals surface area contributed by atoms with Gasteiger partial charge in [-0.15, -0.1) is 0 Å². The molecule has 4 heterocycles. The standard InChI is InChI=1S/C23H19N5O3S/c29-28(30)17-7-3-6-16(14-17)26-12-4-10-20(26)22-21(19-9-1-2-11-24-19)25-23(32)27(22)15-18-8-5-13-31-18/h1-14,21-22H,15H2,(H,25,32)/t21-,22-/m0/s1. The van der Waals surface area contributed by atoms with Crippen LogP contribution in [0.25, 0.3) is 5.69 Å². The molecular formula is C23H19N5O3S. The first-order chi connectivity index (χ1) is 15.6. The van der Waals surface area contributed by atoms with Gasteiger partial charge in [0.05, 0.1) is 41.2 Å². The Bertz CT molecular complexity index is 1260. The number of nitrogens with zero attached hydrogens (tertiary/aromatic N) is 4. The van der Waals surface area contributed by atoms with E-state index in [1.165, 1.54) is 6.07 Å². The molecule has 9 heteroatoms. The Morgan fingerprint density at radius 1 is 1.12 bits per heavy atom. The molecule has 1 fully saturated rings. The van der Waals surface area contributed by atoms with E-state index in [2.05, 4.69) is 15.2 Å². The first-order valence-electron chi connectivity index (χ1n) is 10.0. The van der Waals surface area contributed by atoms with Gasteiger partial charge in [-0.2, -0.15) is 0 Å². The van der Waals surface area contributed by atoms with Crippen molar-refractivity contribution in [2.24, 2.45) is 0 Å². The predicted octanol–water partition coefficient (Wildman–Crippen LogP) is 4.55. The number of pyridine rings is 1. The molecule has 0 aliphatic carbocycles. The van der Waals surface area contributed by atoms with E-state index in [0.717, 1.165) is 17.1 Å². The smallest absolute Gasteiger partial charge is 0.271 e. The van der Waals surface area contributed by atoms with Crippen molar-refractivity contribution in [3.8, 4) is 5.69 Å². The fourth-order valence-corrected chi connectivity index (χ4v) is 4.40. The highest BCUT2D eigenvalue weighted by Crippen LogP contribution is 2.40. The van der Waals surface area contributed by atoms with Gasteiger partial charge in [-0.3, -0.25) is 15.1 Å². The van der Waals surface area contributed by atoms with Crippen LogP contribution < -0.4 is 5.32 Å². The van der Waals surface area contributed by atoms with E-state index in [1.54, 1.807) is 24.6 Å². The topological polar surface area (TPSA) is 89.4 Å². The molecule has 1 saturated heterocycles. The summed E-state index contributed by atoms with van der Waals surface area (Å²) in [6.07, 6.45) is 5.29. The molecule has 160 valence electrons. The van der Waals surface area contributed by atoms with Gasteiger partial charge in [0.25, 0.3) is 5.69 Å². The van der Waals surface area contributed by atoms with Crippen molar-refractivity contribution in [3.05, 3.63) is 113 Å². The SMILES string of the molecule is O=[N+]([O-])c1cccc(-n2cccc2[C@H]2[C@H](c3ccccn3)NC(=S)N2Cc2ccco2)c1. The largest absolute Gasteiger partial charge is 0.467 e. The zero-order valence-electron chi connectivity index (χ0n) is 16.9. The van der Waals surface area contributed by atoms with Crippen molar-refractivity contribution in [3.63, 3.8) is 0 Å². The van der Waals surface area contributed by atoms with E-state index in [4.69, 9.17) is 16.6 Å². The molecule has 1 N–H and O–H groups in total. The Balaban J connectivity index is 1.61. The first-order valence-corrected chi connectivity index (χ1v) is 10.4. The number of hydrogen-bond donors (Lipinski definition) is 1. The number of benzene rings is 1. The number of rotatable bonds is 6. The fraction of sp³-hybridized carbons (Fsp3) is 0.130. The molecule has 1 aromatic carbocycles. The monoisotopic (exact) mass is 445 g/mol. The molecular weight excluding hydrogens is 426 g/mol. The van der Waals surface area contributed by atoms with Crippen LogP contribution in [0.3, 0.4) is 0 Å². The second kappa shape index (κ2) is 8.27. The number of nitro groups is 1. The third-order valence-corrected chi connectivity index (χ3v) is 5.86. The Morgan fingerprint density at radius 2 is 2.03 bits per heavy atom. The fourth-order valence-electron chi connectivity index (χ4n) is 4.09. The lowest BCUT2D eigenvalue weighted by molar-refractivity contribution is -0.384. The highest BCUT2D eigenvalue weighted by atomic mass is 32.1. The van der Waals surface area contributed by atoms with Gasteiger partial charge in [0.15, 0.2) is 5.11 Å². The third-order valence-electron chi connectivity index (χ3n) is 5.51. The Hall–Kier alpha value is -3.98. The lowest BCUT2D eigenvalue weighted by Gasteiger charge is -2.28. The van der Waals surface area contributed by atoms with Crippen molar-refractivity contribution >= 4 is 23.0 Å². The molecule has 0 bridgehead atoms. The van der Waals surface area contributed by atoms with Gasteiger partial charge < -0.3 is 19.2 Å². The first kappa shape index (κ1) is 20.0. The quantitative estimate of drug-likeness (QED) is 0.265. The van der Waals surface area contributed by atoms with Crippen LogP contribution in [-0.2, 0) is 6.54 Å². The average Bonchev–Trinajstić information content (AvgIpc) is 3.56. The van der Waals surface area contributed by atoms with Crippen LogP contribution in [0, 0.1) is 10.1 Å². The number of thiocarbonyl (C=S) groups is 1. The van der Waals surface area contributed by atoms with E-state index < -0.39 is 4.92 Å². The van der Waals surface area contributed by atoms with Crippen LogP contribution in [0.5, 0.6) is 0 Å². The zero-order chi connectivity index (χ0) is 22.1. The molecule has 0 amide bonds. The molecule has 0 radical (unpaired) electrons. The lowest BCUT2D eigenvalue weighted by Crippen LogP contribution is -2.29. The van der Waals surface area contributed by atoms with Crippen molar-refractivity contribution in [1.82, 2.24) is 19.8 Å².